The smallest absolute Gasteiger partial charge is 0.220 e. The Labute approximate surface area is 130 Å². The fourth-order valence-electron chi connectivity index (χ4n) is 5.40. The maximum atomic E-state index is 12.4. The Hall–Kier alpha value is -0.900. The van der Waals surface area contributed by atoms with Crippen molar-refractivity contribution < 1.29 is 4.79 Å². The summed E-state index contributed by atoms with van der Waals surface area (Å²) in [5.41, 5.74) is 2.81. The van der Waals surface area contributed by atoms with Gasteiger partial charge < -0.3 is 5.32 Å². The first-order valence-corrected chi connectivity index (χ1v) is 9.30. The summed E-state index contributed by atoms with van der Waals surface area (Å²) in [6, 6.07) is 0.0422. The lowest BCUT2D eigenvalue weighted by Crippen LogP contribution is -2.46. The molecule has 4 aliphatic carbocycles. The van der Waals surface area contributed by atoms with Crippen molar-refractivity contribution >= 4 is 17.2 Å². The monoisotopic (exact) mass is 304 g/mol. The molecule has 1 aromatic heterocycles. The fourth-order valence-corrected chi connectivity index (χ4v) is 6.04. The zero-order valence-electron chi connectivity index (χ0n) is 12.6. The fraction of sp³-hybridized carbons (Fsp3) is 0.765. The van der Waals surface area contributed by atoms with Crippen LogP contribution in [0.15, 0.2) is 10.9 Å². The summed E-state index contributed by atoms with van der Waals surface area (Å²) in [5, 5.41) is 5.17. The van der Waals surface area contributed by atoms with Crippen LogP contribution in [0.3, 0.4) is 0 Å². The van der Waals surface area contributed by atoms with E-state index in [1.807, 2.05) is 17.8 Å². The molecule has 1 aromatic rings. The lowest BCUT2D eigenvalue weighted by atomic mass is 9.51. The number of carbonyl (C=O) groups excluding carboxylic acids is 1. The van der Waals surface area contributed by atoms with Crippen LogP contribution in [0, 0.1) is 29.6 Å². The van der Waals surface area contributed by atoms with Gasteiger partial charge in [-0.3, -0.25) is 4.79 Å². The van der Waals surface area contributed by atoms with Crippen molar-refractivity contribution in [2.75, 3.05) is 0 Å². The highest BCUT2D eigenvalue weighted by Gasteiger charge is 2.48. The molecule has 1 amide bonds. The molecule has 1 heterocycles. The first kappa shape index (κ1) is 13.7. The molecule has 0 saturated heterocycles. The molecule has 114 valence electrons. The van der Waals surface area contributed by atoms with Crippen LogP contribution in [0.2, 0.25) is 0 Å². The number of carbonyl (C=O) groups is 1. The van der Waals surface area contributed by atoms with Gasteiger partial charge in [0.25, 0.3) is 0 Å². The normalized spacial score (nSPS) is 38.4. The van der Waals surface area contributed by atoms with Gasteiger partial charge in [0.2, 0.25) is 5.91 Å². The van der Waals surface area contributed by atoms with Gasteiger partial charge in [0.15, 0.2) is 0 Å². The topological polar surface area (TPSA) is 42.0 Å². The van der Waals surface area contributed by atoms with Gasteiger partial charge >= 0.3 is 0 Å². The summed E-state index contributed by atoms with van der Waals surface area (Å²) in [7, 11) is 0. The second-order valence-electron chi connectivity index (χ2n) is 7.50. The van der Waals surface area contributed by atoms with Crippen LogP contribution in [0.1, 0.15) is 57.2 Å². The molecule has 5 rings (SSSR count). The van der Waals surface area contributed by atoms with E-state index in [2.05, 4.69) is 10.3 Å². The van der Waals surface area contributed by atoms with E-state index >= 15 is 0 Å². The minimum atomic E-state index is 0.0422. The Morgan fingerprint density at radius 2 is 1.95 bits per heavy atom. The molecule has 0 aliphatic heterocycles. The molecule has 21 heavy (non-hydrogen) atoms. The Balaban J connectivity index is 1.36. The number of nitrogens with zero attached hydrogens (tertiary/aromatic N) is 1. The van der Waals surface area contributed by atoms with Gasteiger partial charge in [-0.15, -0.1) is 11.3 Å². The van der Waals surface area contributed by atoms with E-state index in [0.717, 1.165) is 35.8 Å². The van der Waals surface area contributed by atoms with Crippen molar-refractivity contribution in [3.8, 4) is 0 Å². The van der Waals surface area contributed by atoms with Gasteiger partial charge in [-0.1, -0.05) is 0 Å². The van der Waals surface area contributed by atoms with Crippen molar-refractivity contribution in [1.29, 1.82) is 0 Å². The van der Waals surface area contributed by atoms with Crippen LogP contribution in [0.25, 0.3) is 0 Å². The molecule has 4 bridgehead atoms. The molecular formula is C17H24N2OS. The average molecular weight is 304 g/mol. The third-order valence-electron chi connectivity index (χ3n) is 6.12. The second-order valence-corrected chi connectivity index (χ2v) is 8.22. The first-order valence-electron chi connectivity index (χ1n) is 8.36. The lowest BCUT2D eigenvalue weighted by Gasteiger charge is -2.54. The summed E-state index contributed by atoms with van der Waals surface area (Å²) in [6.07, 6.45) is 7.80. The minimum Gasteiger partial charge on any atom is -0.348 e. The number of nitrogens with one attached hydrogen (secondary N) is 1. The molecule has 3 nitrogen and oxygen atoms in total. The Morgan fingerprint density at radius 3 is 2.52 bits per heavy atom. The molecule has 0 spiro atoms. The largest absolute Gasteiger partial charge is 0.348 e. The molecule has 1 atom stereocenters. The van der Waals surface area contributed by atoms with E-state index in [-0.39, 0.29) is 11.9 Å². The van der Waals surface area contributed by atoms with Crippen molar-refractivity contribution in [2.45, 2.75) is 51.5 Å². The maximum absolute atomic E-state index is 12.4. The zero-order chi connectivity index (χ0) is 14.4. The van der Waals surface area contributed by atoms with Crippen LogP contribution in [0.5, 0.6) is 0 Å². The summed E-state index contributed by atoms with van der Waals surface area (Å²) in [4.78, 5) is 16.7. The number of aromatic nitrogens is 1. The van der Waals surface area contributed by atoms with E-state index in [9.17, 15) is 4.79 Å². The van der Waals surface area contributed by atoms with E-state index in [4.69, 9.17) is 0 Å². The molecule has 4 heteroatoms. The van der Waals surface area contributed by atoms with E-state index in [0.29, 0.717) is 5.92 Å². The summed E-state index contributed by atoms with van der Waals surface area (Å²) >= 11 is 1.59. The number of thiazole rings is 1. The average Bonchev–Trinajstić information content (AvgIpc) is 2.96. The van der Waals surface area contributed by atoms with E-state index in [1.54, 1.807) is 11.3 Å². The molecule has 4 aliphatic rings. The Morgan fingerprint density at radius 1 is 1.29 bits per heavy atom. The predicted octanol–water partition coefficient (Wildman–Crippen LogP) is 3.78. The lowest BCUT2D eigenvalue weighted by molar-refractivity contribution is -0.126. The summed E-state index contributed by atoms with van der Waals surface area (Å²) < 4.78 is 0. The van der Waals surface area contributed by atoms with Crippen molar-refractivity contribution in [1.82, 2.24) is 10.3 Å². The number of amides is 1. The molecular weight excluding hydrogens is 280 g/mol. The van der Waals surface area contributed by atoms with Crippen molar-refractivity contribution in [3.63, 3.8) is 0 Å². The SMILES string of the molecule is CC(NC(=O)CC1C2CC3CC(C2)CC1C3)c1cscn1. The third-order valence-corrected chi connectivity index (χ3v) is 6.72. The van der Waals surface area contributed by atoms with Gasteiger partial charge in [0, 0.05) is 11.8 Å². The highest BCUT2D eigenvalue weighted by molar-refractivity contribution is 7.07. The number of hydrogen-bond donors (Lipinski definition) is 1. The number of hydrogen-bond acceptors (Lipinski definition) is 3. The van der Waals surface area contributed by atoms with E-state index < -0.39 is 0 Å². The summed E-state index contributed by atoms with van der Waals surface area (Å²) in [6.45, 7) is 2.03. The van der Waals surface area contributed by atoms with Crippen molar-refractivity contribution in [2.24, 2.45) is 29.6 Å². The second kappa shape index (κ2) is 5.38. The van der Waals surface area contributed by atoms with Crippen LogP contribution in [-0.4, -0.2) is 10.9 Å². The van der Waals surface area contributed by atoms with Crippen LogP contribution in [0.4, 0.5) is 0 Å². The van der Waals surface area contributed by atoms with Gasteiger partial charge in [-0.2, -0.15) is 0 Å². The van der Waals surface area contributed by atoms with Gasteiger partial charge in [-0.05, 0) is 68.6 Å². The quantitative estimate of drug-likeness (QED) is 0.919. The molecule has 0 aromatic carbocycles. The van der Waals surface area contributed by atoms with Crippen molar-refractivity contribution in [3.05, 3.63) is 16.6 Å². The summed E-state index contributed by atoms with van der Waals surface area (Å²) in [5.74, 6) is 4.53. The van der Waals surface area contributed by atoms with Crippen LogP contribution >= 0.6 is 11.3 Å². The van der Waals surface area contributed by atoms with Gasteiger partial charge in [-0.25, -0.2) is 4.98 Å². The number of rotatable bonds is 4. The third kappa shape index (κ3) is 2.63. The maximum Gasteiger partial charge on any atom is 0.220 e. The minimum absolute atomic E-state index is 0.0422. The predicted molar refractivity (Wildman–Crippen MR) is 83.8 cm³/mol. The Kier molecular flexibility index (Phi) is 3.52. The van der Waals surface area contributed by atoms with Crippen LogP contribution < -0.4 is 5.32 Å². The van der Waals surface area contributed by atoms with Crippen LogP contribution in [-0.2, 0) is 4.79 Å². The molecule has 4 saturated carbocycles. The molecule has 4 fully saturated rings. The van der Waals surface area contributed by atoms with Gasteiger partial charge in [0.05, 0.1) is 17.2 Å². The highest BCUT2D eigenvalue weighted by Crippen LogP contribution is 2.57. The van der Waals surface area contributed by atoms with Gasteiger partial charge in [0.1, 0.15) is 0 Å². The highest BCUT2D eigenvalue weighted by atomic mass is 32.1. The standard InChI is InChI=1S/C17H24N2OS/c1-10(16-8-21-9-18-16)19-17(20)7-15-13-3-11-2-12(5-13)6-14(15)4-11/h8-15H,2-7H2,1H3,(H,19,20). The zero-order valence-corrected chi connectivity index (χ0v) is 13.4. The van der Waals surface area contributed by atoms with E-state index in [1.165, 1.54) is 32.1 Å². The molecule has 0 radical (unpaired) electrons. The first-order chi connectivity index (χ1) is 10.2. The molecule has 1 N–H and O–H groups in total. The Bertz CT molecular complexity index is 485. The molecule has 1 unspecified atom stereocenters.